The van der Waals surface area contributed by atoms with Gasteiger partial charge in [-0.25, -0.2) is 9.18 Å². The third kappa shape index (κ3) is 3.80. The summed E-state index contributed by atoms with van der Waals surface area (Å²) in [6, 6.07) is 2.04. The van der Waals surface area contributed by atoms with Crippen molar-refractivity contribution in [2.45, 2.75) is 76.2 Å². The Kier molecular flexibility index (Phi) is 4.78. The summed E-state index contributed by atoms with van der Waals surface area (Å²) >= 11 is 0. The maximum Gasteiger partial charge on any atom is 0.326 e. The number of nitrogens with one attached hydrogen (secondary N) is 1. The minimum atomic E-state index is -1.06. The number of rotatable bonds is 8. The van der Waals surface area contributed by atoms with E-state index in [1.54, 1.807) is 6.07 Å². The van der Waals surface area contributed by atoms with Crippen molar-refractivity contribution in [3.63, 3.8) is 0 Å². The highest BCUT2D eigenvalue weighted by Gasteiger charge is 2.51. The predicted octanol–water partition coefficient (Wildman–Crippen LogP) is 4.89. The molecule has 6 fully saturated rings. The molecule has 0 spiro atoms. The molecule has 6 aliphatic rings. The summed E-state index contributed by atoms with van der Waals surface area (Å²) < 4.78 is 21.4. The summed E-state index contributed by atoms with van der Waals surface area (Å²) in [5.41, 5.74) is 1.07. The van der Waals surface area contributed by atoms with E-state index in [9.17, 15) is 14.7 Å². The molecule has 0 heterocycles. The van der Waals surface area contributed by atoms with E-state index in [-0.39, 0.29) is 16.9 Å². The first-order chi connectivity index (χ1) is 15.4. The van der Waals surface area contributed by atoms with Crippen molar-refractivity contribution in [1.29, 1.82) is 0 Å². The number of halogens is 1. The molecule has 32 heavy (non-hydrogen) atoms. The van der Waals surface area contributed by atoms with Crippen LogP contribution in [-0.4, -0.2) is 29.6 Å². The van der Waals surface area contributed by atoms with Crippen LogP contribution in [0.25, 0.3) is 0 Å². The minimum absolute atomic E-state index is 0.0506. The van der Waals surface area contributed by atoms with Gasteiger partial charge in [0.05, 0.1) is 12.2 Å². The van der Waals surface area contributed by atoms with Crippen LogP contribution in [0.5, 0.6) is 5.75 Å². The standard InChI is InChI=1S/C26H32FNO4/c27-21-9-22(32-13-26-10-14-5-15(11-26)7-16(6-14)12-26)19(17-1-2-17)8-20(21)24(29)28-23(25(30)31)18-3-4-18/h8-9,14-18,23H,1-7,10-13H2,(H,28,29)(H,30,31)/t14?,15?,16?,23-,26?/m0/s1. The summed E-state index contributed by atoms with van der Waals surface area (Å²) in [7, 11) is 0. The second-order valence-corrected chi connectivity index (χ2v) is 11.5. The van der Waals surface area contributed by atoms with E-state index in [2.05, 4.69) is 5.32 Å². The molecule has 1 amide bonds. The van der Waals surface area contributed by atoms with Crippen LogP contribution in [0.1, 0.15) is 86.0 Å². The highest BCUT2D eigenvalue weighted by molar-refractivity contribution is 5.97. The lowest BCUT2D eigenvalue weighted by molar-refractivity contribution is -0.139. The van der Waals surface area contributed by atoms with Crippen LogP contribution >= 0.6 is 0 Å². The van der Waals surface area contributed by atoms with Crippen molar-refractivity contribution in [3.8, 4) is 5.75 Å². The van der Waals surface area contributed by atoms with Crippen molar-refractivity contribution in [2.75, 3.05) is 6.61 Å². The van der Waals surface area contributed by atoms with Gasteiger partial charge in [0.25, 0.3) is 5.91 Å². The quantitative estimate of drug-likeness (QED) is 0.602. The number of ether oxygens (including phenoxy) is 1. The zero-order valence-corrected chi connectivity index (χ0v) is 18.4. The van der Waals surface area contributed by atoms with Gasteiger partial charge in [-0.3, -0.25) is 4.79 Å². The molecule has 5 nitrogen and oxygen atoms in total. The Balaban J connectivity index is 1.21. The zero-order valence-electron chi connectivity index (χ0n) is 18.4. The number of carbonyl (C=O) groups excluding carboxylic acids is 1. The first-order valence-corrected chi connectivity index (χ1v) is 12.4. The van der Waals surface area contributed by atoms with Crippen LogP contribution in [0.4, 0.5) is 4.39 Å². The Morgan fingerprint density at radius 1 is 1.06 bits per heavy atom. The molecule has 0 radical (unpaired) electrons. The second kappa shape index (κ2) is 7.46. The maximum absolute atomic E-state index is 15.0. The predicted molar refractivity (Wildman–Crippen MR) is 116 cm³/mol. The van der Waals surface area contributed by atoms with E-state index in [0.717, 1.165) is 49.0 Å². The smallest absolute Gasteiger partial charge is 0.326 e. The molecule has 2 N–H and O–H groups in total. The number of carbonyl (C=O) groups is 2. The lowest BCUT2D eigenvalue weighted by atomic mass is 9.50. The van der Waals surface area contributed by atoms with Crippen LogP contribution in [0.15, 0.2) is 12.1 Å². The van der Waals surface area contributed by atoms with E-state index >= 15 is 4.39 Å². The van der Waals surface area contributed by atoms with Crippen LogP contribution in [-0.2, 0) is 4.79 Å². The molecule has 0 aromatic heterocycles. The number of carboxylic acids is 1. The SMILES string of the molecule is O=C(N[C@H](C(=O)O)C1CC1)c1cc(C2CC2)c(OCC23CC4CC(CC(C4)C2)C3)cc1F. The minimum Gasteiger partial charge on any atom is -0.493 e. The van der Waals surface area contributed by atoms with Crippen LogP contribution in [0.2, 0.25) is 0 Å². The second-order valence-electron chi connectivity index (χ2n) is 11.5. The summed E-state index contributed by atoms with van der Waals surface area (Å²) in [6.45, 7) is 0.643. The number of hydrogen-bond donors (Lipinski definition) is 2. The molecule has 0 saturated heterocycles. The van der Waals surface area contributed by atoms with Gasteiger partial charge in [-0.1, -0.05) is 0 Å². The summed E-state index contributed by atoms with van der Waals surface area (Å²) in [5, 5.41) is 11.9. The van der Waals surface area contributed by atoms with Gasteiger partial charge in [0.15, 0.2) is 0 Å². The first-order valence-electron chi connectivity index (χ1n) is 12.4. The summed E-state index contributed by atoms with van der Waals surface area (Å²) in [4.78, 5) is 24.2. The van der Waals surface area contributed by atoms with E-state index in [0.29, 0.717) is 18.3 Å². The topological polar surface area (TPSA) is 75.6 Å². The van der Waals surface area contributed by atoms with Crippen LogP contribution in [0, 0.1) is 34.9 Å². The molecule has 172 valence electrons. The van der Waals surface area contributed by atoms with Gasteiger partial charge in [-0.2, -0.15) is 0 Å². The molecule has 1 atom stereocenters. The Labute approximate surface area is 188 Å². The van der Waals surface area contributed by atoms with Crippen LogP contribution in [0.3, 0.4) is 0 Å². The summed E-state index contributed by atoms with van der Waals surface area (Å²) in [5.74, 6) is 1.01. The van der Waals surface area contributed by atoms with E-state index in [1.165, 1.54) is 44.6 Å². The van der Waals surface area contributed by atoms with E-state index in [1.807, 2.05) is 0 Å². The number of carboxylic acid groups (broad SMARTS) is 1. The normalized spacial score (nSPS) is 33.7. The maximum atomic E-state index is 15.0. The molecular weight excluding hydrogens is 409 g/mol. The van der Waals surface area contributed by atoms with Crippen molar-refractivity contribution in [1.82, 2.24) is 5.32 Å². The molecule has 6 aliphatic carbocycles. The number of benzene rings is 1. The Hall–Kier alpha value is -2.11. The van der Waals surface area contributed by atoms with Gasteiger partial charge in [0.1, 0.15) is 17.6 Å². The van der Waals surface area contributed by atoms with Gasteiger partial charge in [-0.05, 0) is 105 Å². The van der Waals surface area contributed by atoms with Crippen molar-refractivity contribution < 1.29 is 23.8 Å². The molecule has 0 aliphatic heterocycles. The average Bonchev–Trinajstić information content (AvgIpc) is 3.62. The van der Waals surface area contributed by atoms with Gasteiger partial charge in [-0.15, -0.1) is 0 Å². The average molecular weight is 442 g/mol. The fourth-order valence-electron chi connectivity index (χ4n) is 7.31. The Morgan fingerprint density at radius 2 is 1.69 bits per heavy atom. The molecule has 1 aromatic carbocycles. The third-order valence-electron chi connectivity index (χ3n) is 8.71. The lowest BCUT2D eigenvalue weighted by Gasteiger charge is -2.56. The fourth-order valence-corrected chi connectivity index (χ4v) is 7.31. The lowest BCUT2D eigenvalue weighted by Crippen LogP contribution is -2.48. The van der Waals surface area contributed by atoms with Gasteiger partial charge < -0.3 is 15.2 Å². The Bertz CT molecular complexity index is 916. The molecular formula is C26H32FNO4. The van der Waals surface area contributed by atoms with Gasteiger partial charge in [0.2, 0.25) is 0 Å². The van der Waals surface area contributed by atoms with E-state index in [4.69, 9.17) is 4.74 Å². The molecule has 6 saturated carbocycles. The van der Waals surface area contributed by atoms with Crippen molar-refractivity contribution in [3.05, 3.63) is 29.1 Å². The first kappa shape index (κ1) is 20.5. The van der Waals surface area contributed by atoms with Gasteiger partial charge >= 0.3 is 5.97 Å². The van der Waals surface area contributed by atoms with E-state index < -0.39 is 23.7 Å². The summed E-state index contributed by atoms with van der Waals surface area (Å²) in [6.07, 6.45) is 11.4. The molecule has 0 unspecified atom stereocenters. The van der Waals surface area contributed by atoms with Crippen LogP contribution < -0.4 is 10.1 Å². The van der Waals surface area contributed by atoms with Gasteiger partial charge in [0, 0.05) is 11.5 Å². The number of aliphatic carboxylic acids is 1. The molecule has 1 aromatic rings. The van der Waals surface area contributed by atoms with Crippen molar-refractivity contribution >= 4 is 11.9 Å². The highest BCUT2D eigenvalue weighted by Crippen LogP contribution is 2.60. The monoisotopic (exact) mass is 441 g/mol. The zero-order chi connectivity index (χ0) is 22.0. The highest BCUT2D eigenvalue weighted by atomic mass is 19.1. The fraction of sp³-hybridized carbons (Fsp3) is 0.692. The number of hydrogen-bond acceptors (Lipinski definition) is 3. The largest absolute Gasteiger partial charge is 0.493 e. The molecule has 4 bridgehead atoms. The third-order valence-corrected chi connectivity index (χ3v) is 8.71. The Morgan fingerprint density at radius 3 is 2.22 bits per heavy atom. The molecule has 7 rings (SSSR count). The number of amides is 1. The molecule has 6 heteroatoms. The van der Waals surface area contributed by atoms with Crippen molar-refractivity contribution in [2.24, 2.45) is 29.1 Å².